The van der Waals surface area contributed by atoms with E-state index in [0.29, 0.717) is 11.1 Å². The third kappa shape index (κ3) is 4.36. The fourth-order valence-corrected chi connectivity index (χ4v) is 3.19. The van der Waals surface area contributed by atoms with Crippen molar-refractivity contribution >= 4 is 23.2 Å². The summed E-state index contributed by atoms with van der Waals surface area (Å²) in [5, 5.41) is 5.07. The fourth-order valence-electron chi connectivity index (χ4n) is 2.69. The third-order valence-electron chi connectivity index (χ3n) is 4.19. The lowest BCUT2D eigenvalue weighted by Crippen LogP contribution is -2.45. The summed E-state index contributed by atoms with van der Waals surface area (Å²) in [5.41, 5.74) is 1.18. The van der Waals surface area contributed by atoms with Crippen molar-refractivity contribution in [1.82, 2.24) is 5.32 Å². The molecule has 2 nitrogen and oxygen atoms in total. The highest BCUT2D eigenvalue weighted by atomic mass is 35.5. The summed E-state index contributed by atoms with van der Waals surface area (Å²) >= 11 is 12.1. The van der Waals surface area contributed by atoms with E-state index in [9.17, 15) is 0 Å². The first-order valence-electron chi connectivity index (χ1n) is 7.34. The molecule has 0 saturated carbocycles. The van der Waals surface area contributed by atoms with Crippen LogP contribution in [0.15, 0.2) is 18.2 Å². The van der Waals surface area contributed by atoms with Gasteiger partial charge in [-0.25, -0.2) is 0 Å². The van der Waals surface area contributed by atoms with Crippen LogP contribution in [0.25, 0.3) is 0 Å². The van der Waals surface area contributed by atoms with Crippen molar-refractivity contribution in [2.24, 2.45) is 0 Å². The largest absolute Gasteiger partial charge is 0.375 e. The van der Waals surface area contributed by atoms with Gasteiger partial charge in [0.2, 0.25) is 0 Å². The first-order chi connectivity index (χ1) is 9.52. The van der Waals surface area contributed by atoms with Crippen LogP contribution < -0.4 is 5.32 Å². The summed E-state index contributed by atoms with van der Waals surface area (Å²) in [5.74, 6) is 0. The average molecular weight is 316 g/mol. The van der Waals surface area contributed by atoms with E-state index < -0.39 is 0 Å². The lowest BCUT2D eigenvalue weighted by atomic mass is 9.90. The SMILES string of the molecule is CCC1(C)CC(NCCc2ccc(Cl)cc2Cl)CCO1. The van der Waals surface area contributed by atoms with E-state index in [0.717, 1.165) is 49.4 Å². The Hall–Kier alpha value is -0.280. The monoisotopic (exact) mass is 315 g/mol. The van der Waals surface area contributed by atoms with Crippen LogP contribution in [-0.2, 0) is 11.2 Å². The molecule has 0 bridgehead atoms. The van der Waals surface area contributed by atoms with Gasteiger partial charge in [0.25, 0.3) is 0 Å². The Morgan fingerprint density at radius 1 is 1.40 bits per heavy atom. The summed E-state index contributed by atoms with van der Waals surface area (Å²) in [7, 11) is 0. The number of nitrogens with one attached hydrogen (secondary N) is 1. The normalized spacial score (nSPS) is 26.7. The maximum Gasteiger partial charge on any atom is 0.0666 e. The summed E-state index contributed by atoms with van der Waals surface area (Å²) in [6.07, 6.45) is 4.16. The van der Waals surface area contributed by atoms with Crippen LogP contribution in [0, 0.1) is 0 Å². The Morgan fingerprint density at radius 2 is 2.20 bits per heavy atom. The number of ether oxygens (including phenoxy) is 1. The van der Waals surface area contributed by atoms with Crippen molar-refractivity contribution in [2.45, 2.75) is 51.2 Å². The summed E-state index contributed by atoms with van der Waals surface area (Å²) in [6.45, 7) is 6.18. The Labute approximate surface area is 131 Å². The van der Waals surface area contributed by atoms with E-state index in [1.54, 1.807) is 6.07 Å². The lowest BCUT2D eigenvalue weighted by molar-refractivity contribution is -0.0778. The zero-order valence-electron chi connectivity index (χ0n) is 12.2. The van der Waals surface area contributed by atoms with Gasteiger partial charge in [0, 0.05) is 22.7 Å². The molecule has 1 heterocycles. The molecule has 1 aromatic rings. The minimum Gasteiger partial charge on any atom is -0.375 e. The molecule has 1 N–H and O–H groups in total. The molecule has 2 atom stereocenters. The van der Waals surface area contributed by atoms with E-state index in [1.165, 1.54) is 0 Å². The van der Waals surface area contributed by atoms with E-state index in [2.05, 4.69) is 19.2 Å². The quantitative estimate of drug-likeness (QED) is 0.865. The molecule has 1 saturated heterocycles. The molecule has 2 unspecified atom stereocenters. The van der Waals surface area contributed by atoms with Gasteiger partial charge in [-0.1, -0.05) is 36.2 Å². The van der Waals surface area contributed by atoms with Crippen molar-refractivity contribution in [3.05, 3.63) is 33.8 Å². The standard InChI is InChI=1S/C16H23Cl2NO/c1-3-16(2)11-14(7-9-20-16)19-8-6-12-4-5-13(17)10-15(12)18/h4-5,10,14,19H,3,6-9,11H2,1-2H3. The second-order valence-electron chi connectivity index (χ2n) is 5.78. The van der Waals surface area contributed by atoms with Crippen LogP contribution in [0.4, 0.5) is 0 Å². The second kappa shape index (κ2) is 7.13. The Bertz CT molecular complexity index is 452. The van der Waals surface area contributed by atoms with Crippen LogP contribution in [0.2, 0.25) is 10.0 Å². The maximum atomic E-state index is 6.19. The molecule has 1 fully saturated rings. The number of hydrogen-bond donors (Lipinski definition) is 1. The highest BCUT2D eigenvalue weighted by molar-refractivity contribution is 6.35. The molecule has 4 heteroatoms. The molecular formula is C16H23Cl2NO. The van der Waals surface area contributed by atoms with Crippen molar-refractivity contribution in [2.75, 3.05) is 13.2 Å². The van der Waals surface area contributed by atoms with E-state index in [1.807, 2.05) is 12.1 Å². The van der Waals surface area contributed by atoms with Gasteiger partial charge < -0.3 is 10.1 Å². The fraction of sp³-hybridized carbons (Fsp3) is 0.625. The lowest BCUT2D eigenvalue weighted by Gasteiger charge is -2.38. The average Bonchev–Trinajstić information content (AvgIpc) is 2.41. The number of hydrogen-bond acceptors (Lipinski definition) is 2. The van der Waals surface area contributed by atoms with Crippen LogP contribution in [0.5, 0.6) is 0 Å². The van der Waals surface area contributed by atoms with Crippen LogP contribution in [-0.4, -0.2) is 24.8 Å². The molecule has 20 heavy (non-hydrogen) atoms. The predicted molar refractivity (Wildman–Crippen MR) is 85.8 cm³/mol. The maximum absolute atomic E-state index is 6.19. The molecule has 2 rings (SSSR count). The van der Waals surface area contributed by atoms with Crippen molar-refractivity contribution < 1.29 is 4.74 Å². The summed E-state index contributed by atoms with van der Waals surface area (Å²) in [6, 6.07) is 6.25. The predicted octanol–water partition coefficient (Wildman–Crippen LogP) is 4.47. The highest BCUT2D eigenvalue weighted by Crippen LogP contribution is 2.27. The smallest absolute Gasteiger partial charge is 0.0666 e. The van der Waals surface area contributed by atoms with Gasteiger partial charge in [-0.05, 0) is 56.8 Å². The van der Waals surface area contributed by atoms with Crippen LogP contribution in [0.1, 0.15) is 38.7 Å². The van der Waals surface area contributed by atoms with Crippen molar-refractivity contribution in [1.29, 1.82) is 0 Å². The molecule has 112 valence electrons. The molecule has 1 aliphatic rings. The minimum atomic E-state index is 0.0355. The minimum absolute atomic E-state index is 0.0355. The van der Waals surface area contributed by atoms with Gasteiger partial charge in [-0.2, -0.15) is 0 Å². The molecule has 0 aromatic heterocycles. The Balaban J connectivity index is 1.81. The van der Waals surface area contributed by atoms with Gasteiger partial charge in [0.15, 0.2) is 0 Å². The zero-order chi connectivity index (χ0) is 14.6. The van der Waals surface area contributed by atoms with Gasteiger partial charge in [0.05, 0.1) is 5.60 Å². The molecule has 0 amide bonds. The molecule has 1 aliphatic heterocycles. The van der Waals surface area contributed by atoms with Gasteiger partial charge >= 0.3 is 0 Å². The number of benzene rings is 1. The first-order valence-corrected chi connectivity index (χ1v) is 8.09. The topological polar surface area (TPSA) is 21.3 Å². The van der Waals surface area contributed by atoms with E-state index in [4.69, 9.17) is 27.9 Å². The Morgan fingerprint density at radius 3 is 2.90 bits per heavy atom. The summed E-state index contributed by atoms with van der Waals surface area (Å²) in [4.78, 5) is 0. The first kappa shape index (κ1) is 16.1. The van der Waals surface area contributed by atoms with Crippen molar-refractivity contribution in [3.63, 3.8) is 0 Å². The second-order valence-corrected chi connectivity index (χ2v) is 6.63. The molecule has 0 aliphatic carbocycles. The van der Waals surface area contributed by atoms with Gasteiger partial charge in [-0.3, -0.25) is 0 Å². The van der Waals surface area contributed by atoms with E-state index >= 15 is 0 Å². The molecule has 1 aromatic carbocycles. The molecule has 0 radical (unpaired) electrons. The molecule has 0 spiro atoms. The highest BCUT2D eigenvalue weighted by Gasteiger charge is 2.31. The van der Waals surface area contributed by atoms with Crippen LogP contribution >= 0.6 is 23.2 Å². The number of halogens is 2. The van der Waals surface area contributed by atoms with E-state index in [-0.39, 0.29) is 5.60 Å². The third-order valence-corrected chi connectivity index (χ3v) is 4.77. The van der Waals surface area contributed by atoms with Gasteiger partial charge in [0.1, 0.15) is 0 Å². The molecular weight excluding hydrogens is 293 g/mol. The van der Waals surface area contributed by atoms with Crippen LogP contribution in [0.3, 0.4) is 0 Å². The Kier molecular flexibility index (Phi) is 5.74. The zero-order valence-corrected chi connectivity index (χ0v) is 13.7. The number of rotatable bonds is 5. The summed E-state index contributed by atoms with van der Waals surface area (Å²) < 4.78 is 5.87. The van der Waals surface area contributed by atoms with Gasteiger partial charge in [-0.15, -0.1) is 0 Å². The van der Waals surface area contributed by atoms with Crippen molar-refractivity contribution in [3.8, 4) is 0 Å².